The van der Waals surface area contributed by atoms with E-state index in [0.29, 0.717) is 12.4 Å². The molecule has 0 radical (unpaired) electrons. The first kappa shape index (κ1) is 14.8. The number of thiol groups is 1. The second-order valence-electron chi connectivity index (χ2n) is 4.59. The lowest BCUT2D eigenvalue weighted by molar-refractivity contribution is -0.274. The van der Waals surface area contributed by atoms with Crippen molar-refractivity contribution < 1.29 is 22.6 Å². The van der Waals surface area contributed by atoms with Crippen LogP contribution in [0.4, 0.5) is 13.2 Å². The maximum atomic E-state index is 12.1. The lowest BCUT2D eigenvalue weighted by Gasteiger charge is -2.15. The first-order chi connectivity index (χ1) is 8.84. The van der Waals surface area contributed by atoms with Crippen LogP contribution in [0.25, 0.3) is 0 Å². The summed E-state index contributed by atoms with van der Waals surface area (Å²) in [5.41, 5.74) is 0.136. The molecule has 0 spiro atoms. The average molecular weight is 357 g/mol. The van der Waals surface area contributed by atoms with Crippen LogP contribution < -0.4 is 9.47 Å². The van der Waals surface area contributed by atoms with Gasteiger partial charge in [0.05, 0.1) is 11.1 Å². The zero-order chi connectivity index (χ0) is 14.1. The van der Waals surface area contributed by atoms with Crippen molar-refractivity contribution >= 4 is 28.6 Å². The highest BCUT2D eigenvalue weighted by Gasteiger charge is 2.42. The van der Waals surface area contributed by atoms with Gasteiger partial charge in [0.25, 0.3) is 0 Å². The summed E-state index contributed by atoms with van der Waals surface area (Å²) in [7, 11) is 0. The molecule has 1 aromatic rings. The van der Waals surface area contributed by atoms with E-state index in [1.165, 1.54) is 18.2 Å². The van der Waals surface area contributed by atoms with Crippen LogP contribution in [0.2, 0.25) is 0 Å². The van der Waals surface area contributed by atoms with Crippen molar-refractivity contribution in [2.24, 2.45) is 5.41 Å². The molecule has 1 aromatic carbocycles. The van der Waals surface area contributed by atoms with Crippen LogP contribution in [0.1, 0.15) is 12.8 Å². The Kier molecular flexibility index (Phi) is 4.25. The van der Waals surface area contributed by atoms with E-state index in [0.717, 1.165) is 18.6 Å². The smallest absolute Gasteiger partial charge is 0.493 e. The second kappa shape index (κ2) is 5.44. The van der Waals surface area contributed by atoms with E-state index in [9.17, 15) is 13.2 Å². The van der Waals surface area contributed by atoms with Crippen molar-refractivity contribution in [1.82, 2.24) is 0 Å². The van der Waals surface area contributed by atoms with Gasteiger partial charge in [0, 0.05) is 5.41 Å². The van der Waals surface area contributed by atoms with Gasteiger partial charge in [-0.25, -0.2) is 0 Å². The summed E-state index contributed by atoms with van der Waals surface area (Å²) in [4.78, 5) is 0. The average Bonchev–Trinajstić information content (AvgIpc) is 3.09. The van der Waals surface area contributed by atoms with Crippen LogP contribution in [0.5, 0.6) is 11.5 Å². The molecule has 1 saturated carbocycles. The molecule has 106 valence electrons. The Morgan fingerprint density at radius 2 is 2.00 bits per heavy atom. The van der Waals surface area contributed by atoms with Crippen LogP contribution in [0.3, 0.4) is 0 Å². The Hall–Kier alpha value is -0.560. The van der Waals surface area contributed by atoms with E-state index in [-0.39, 0.29) is 15.6 Å². The zero-order valence-corrected chi connectivity index (χ0v) is 12.3. The third kappa shape index (κ3) is 4.21. The van der Waals surface area contributed by atoms with Crippen LogP contribution in [-0.2, 0) is 0 Å². The molecular formula is C12H12BrF3O2S. The predicted molar refractivity (Wildman–Crippen MR) is 71.8 cm³/mol. The van der Waals surface area contributed by atoms with Gasteiger partial charge in [0.2, 0.25) is 0 Å². The summed E-state index contributed by atoms with van der Waals surface area (Å²) >= 11 is 7.29. The molecule has 7 heteroatoms. The fourth-order valence-electron chi connectivity index (χ4n) is 1.54. The SMILES string of the molecule is FC(F)(F)Oc1ccc(OCC2(CS)CC2)cc1Br. The molecule has 0 atom stereocenters. The number of benzene rings is 1. The monoisotopic (exact) mass is 356 g/mol. The van der Waals surface area contributed by atoms with Crippen LogP contribution in [0.15, 0.2) is 22.7 Å². The van der Waals surface area contributed by atoms with Crippen molar-refractivity contribution in [2.75, 3.05) is 12.4 Å². The van der Waals surface area contributed by atoms with Gasteiger partial charge in [-0.15, -0.1) is 13.2 Å². The van der Waals surface area contributed by atoms with Gasteiger partial charge >= 0.3 is 6.36 Å². The molecule has 1 aliphatic carbocycles. The normalized spacial score (nSPS) is 17.1. The molecular weight excluding hydrogens is 345 g/mol. The van der Waals surface area contributed by atoms with Gasteiger partial charge in [0.15, 0.2) is 0 Å². The zero-order valence-electron chi connectivity index (χ0n) is 9.84. The molecule has 2 nitrogen and oxygen atoms in total. The van der Waals surface area contributed by atoms with Gasteiger partial charge < -0.3 is 9.47 Å². The van der Waals surface area contributed by atoms with Crippen molar-refractivity contribution in [2.45, 2.75) is 19.2 Å². The molecule has 0 aliphatic heterocycles. The van der Waals surface area contributed by atoms with Crippen molar-refractivity contribution in [3.05, 3.63) is 22.7 Å². The van der Waals surface area contributed by atoms with E-state index in [2.05, 4.69) is 33.3 Å². The molecule has 0 aromatic heterocycles. The van der Waals surface area contributed by atoms with Crippen LogP contribution >= 0.6 is 28.6 Å². The molecule has 0 N–H and O–H groups in total. The second-order valence-corrected chi connectivity index (χ2v) is 5.76. The van der Waals surface area contributed by atoms with Crippen molar-refractivity contribution in [3.63, 3.8) is 0 Å². The number of rotatable bonds is 5. The molecule has 2 rings (SSSR count). The maximum absolute atomic E-state index is 12.1. The number of hydrogen-bond donors (Lipinski definition) is 1. The third-order valence-electron chi connectivity index (χ3n) is 2.97. The Balaban J connectivity index is 1.98. The van der Waals surface area contributed by atoms with Gasteiger partial charge in [-0.3, -0.25) is 0 Å². The maximum Gasteiger partial charge on any atom is 0.573 e. The topological polar surface area (TPSA) is 18.5 Å². The minimum Gasteiger partial charge on any atom is -0.493 e. The minimum absolute atomic E-state index is 0.136. The Labute approximate surface area is 122 Å². The summed E-state index contributed by atoms with van der Waals surface area (Å²) in [6.45, 7) is 0.530. The van der Waals surface area contributed by atoms with E-state index >= 15 is 0 Å². The lowest BCUT2D eigenvalue weighted by atomic mass is 10.2. The quantitative estimate of drug-likeness (QED) is 0.786. The number of hydrogen-bond acceptors (Lipinski definition) is 3. The Morgan fingerprint density at radius 1 is 1.32 bits per heavy atom. The first-order valence-corrected chi connectivity index (χ1v) is 7.05. The molecule has 0 heterocycles. The minimum atomic E-state index is -4.70. The van der Waals surface area contributed by atoms with Crippen molar-refractivity contribution in [1.29, 1.82) is 0 Å². The molecule has 0 saturated heterocycles. The van der Waals surface area contributed by atoms with E-state index < -0.39 is 6.36 Å². The molecule has 19 heavy (non-hydrogen) atoms. The van der Waals surface area contributed by atoms with E-state index in [4.69, 9.17) is 4.74 Å². The first-order valence-electron chi connectivity index (χ1n) is 5.63. The largest absolute Gasteiger partial charge is 0.573 e. The summed E-state index contributed by atoms with van der Waals surface area (Å²) in [5, 5.41) is 0. The van der Waals surface area contributed by atoms with Gasteiger partial charge in [-0.2, -0.15) is 12.6 Å². The van der Waals surface area contributed by atoms with E-state index in [1.807, 2.05) is 0 Å². The van der Waals surface area contributed by atoms with Gasteiger partial charge in [-0.1, -0.05) is 0 Å². The fraction of sp³-hybridized carbons (Fsp3) is 0.500. The molecule has 1 fully saturated rings. The lowest BCUT2D eigenvalue weighted by Crippen LogP contribution is -2.17. The molecule has 1 aliphatic rings. The summed E-state index contributed by atoms with van der Waals surface area (Å²) in [6, 6.07) is 4.16. The Morgan fingerprint density at radius 3 is 2.47 bits per heavy atom. The highest BCUT2D eigenvalue weighted by molar-refractivity contribution is 9.10. The Bertz CT molecular complexity index is 461. The van der Waals surface area contributed by atoms with Crippen LogP contribution in [-0.4, -0.2) is 18.7 Å². The van der Waals surface area contributed by atoms with E-state index in [1.54, 1.807) is 0 Å². The highest BCUT2D eigenvalue weighted by atomic mass is 79.9. The number of ether oxygens (including phenoxy) is 2. The van der Waals surface area contributed by atoms with Crippen molar-refractivity contribution in [3.8, 4) is 11.5 Å². The summed E-state index contributed by atoms with van der Waals surface area (Å²) in [6.07, 6.45) is -2.55. The van der Waals surface area contributed by atoms with Gasteiger partial charge in [0.1, 0.15) is 11.5 Å². The third-order valence-corrected chi connectivity index (χ3v) is 4.26. The molecule has 0 amide bonds. The number of halogens is 4. The van der Waals surface area contributed by atoms with Crippen LogP contribution in [0, 0.1) is 5.41 Å². The molecule has 0 unspecified atom stereocenters. The summed E-state index contributed by atoms with van der Waals surface area (Å²) in [5.74, 6) is 0.980. The number of alkyl halides is 3. The summed E-state index contributed by atoms with van der Waals surface area (Å²) < 4.78 is 45.9. The predicted octanol–water partition coefficient (Wildman–Crippen LogP) is 4.44. The van der Waals surface area contributed by atoms with Gasteiger partial charge in [-0.05, 0) is 52.7 Å². The fourth-order valence-corrected chi connectivity index (χ4v) is 2.39. The molecule has 0 bridgehead atoms. The standard InChI is InChI=1S/C12H12BrF3O2S/c13-9-5-8(17-6-11(7-19)3-4-11)1-2-10(9)18-12(14,15)16/h1-2,5,19H,3-4,6-7H2. The highest BCUT2D eigenvalue weighted by Crippen LogP contribution is 2.46.